The van der Waals surface area contributed by atoms with E-state index in [4.69, 9.17) is 9.84 Å². The lowest BCUT2D eigenvalue weighted by Crippen LogP contribution is -2.32. The molecule has 14 heavy (non-hydrogen) atoms. The second-order valence-corrected chi connectivity index (χ2v) is 4.04. The first-order chi connectivity index (χ1) is 6.74. The maximum Gasteiger partial charge on any atom is 0.0698 e. The molecule has 1 fully saturated rings. The summed E-state index contributed by atoms with van der Waals surface area (Å²) in [4.78, 5) is 4.70. The number of ether oxygens (including phenoxy) is 1. The lowest BCUT2D eigenvalue weighted by atomic mass is 10.2. The number of likely N-dealkylation sites (N-methyl/N-ethyl adjacent to an activating group) is 1. The van der Waals surface area contributed by atoms with Crippen LogP contribution in [0.3, 0.4) is 0 Å². The van der Waals surface area contributed by atoms with E-state index in [1.54, 1.807) is 0 Å². The van der Waals surface area contributed by atoms with Gasteiger partial charge in [-0.15, -0.1) is 0 Å². The van der Waals surface area contributed by atoms with E-state index in [1.165, 1.54) is 13.0 Å². The van der Waals surface area contributed by atoms with Crippen LogP contribution in [-0.2, 0) is 4.74 Å². The molecule has 4 heteroatoms. The van der Waals surface area contributed by atoms with Crippen molar-refractivity contribution in [3.63, 3.8) is 0 Å². The fourth-order valence-electron chi connectivity index (χ4n) is 1.80. The smallest absolute Gasteiger partial charge is 0.0698 e. The Labute approximate surface area is 86.4 Å². The zero-order chi connectivity index (χ0) is 10.4. The van der Waals surface area contributed by atoms with Gasteiger partial charge in [-0.2, -0.15) is 0 Å². The van der Waals surface area contributed by atoms with Gasteiger partial charge in [-0.3, -0.25) is 4.90 Å². The largest absolute Gasteiger partial charge is 0.394 e. The highest BCUT2D eigenvalue weighted by atomic mass is 16.5. The molecule has 1 atom stereocenters. The molecular weight excluding hydrogens is 180 g/mol. The van der Waals surface area contributed by atoms with Gasteiger partial charge >= 0.3 is 0 Å². The van der Waals surface area contributed by atoms with E-state index in [1.807, 2.05) is 0 Å². The number of hydrogen-bond acceptors (Lipinski definition) is 4. The zero-order valence-corrected chi connectivity index (χ0v) is 9.28. The summed E-state index contributed by atoms with van der Waals surface area (Å²) in [5, 5.41) is 8.53. The molecule has 0 aromatic carbocycles. The average Bonchev–Trinajstić information content (AvgIpc) is 2.61. The van der Waals surface area contributed by atoms with Gasteiger partial charge in [0, 0.05) is 19.1 Å². The molecule has 0 spiro atoms. The van der Waals surface area contributed by atoms with E-state index < -0.39 is 0 Å². The molecule has 0 aromatic heterocycles. The number of likely N-dealkylation sites (tertiary alicyclic amines) is 1. The Bertz CT molecular complexity index is 153. The standard InChI is InChI=1S/C10H22N2O2/c1-11(2)10-3-4-12(9-10)5-7-14-8-6-13/h10,13H,3-9H2,1-2H3. The average molecular weight is 202 g/mol. The number of rotatable bonds is 6. The molecule has 1 aliphatic heterocycles. The van der Waals surface area contributed by atoms with Gasteiger partial charge in [0.1, 0.15) is 0 Å². The molecule has 0 bridgehead atoms. The van der Waals surface area contributed by atoms with Crippen molar-refractivity contribution in [1.82, 2.24) is 9.80 Å². The summed E-state index contributed by atoms with van der Waals surface area (Å²) in [7, 11) is 4.27. The molecule has 0 radical (unpaired) electrons. The van der Waals surface area contributed by atoms with Crippen molar-refractivity contribution in [3.05, 3.63) is 0 Å². The van der Waals surface area contributed by atoms with E-state index in [-0.39, 0.29) is 6.61 Å². The molecule has 1 unspecified atom stereocenters. The van der Waals surface area contributed by atoms with Crippen molar-refractivity contribution in [3.8, 4) is 0 Å². The van der Waals surface area contributed by atoms with Crippen LogP contribution >= 0.6 is 0 Å². The van der Waals surface area contributed by atoms with Crippen molar-refractivity contribution >= 4 is 0 Å². The fraction of sp³-hybridized carbons (Fsp3) is 1.00. The third kappa shape index (κ3) is 3.92. The lowest BCUT2D eigenvalue weighted by Gasteiger charge is -2.20. The molecule has 1 saturated heterocycles. The number of aliphatic hydroxyl groups is 1. The minimum Gasteiger partial charge on any atom is -0.394 e. The van der Waals surface area contributed by atoms with Crippen LogP contribution in [0.2, 0.25) is 0 Å². The SMILES string of the molecule is CN(C)C1CCN(CCOCCO)C1. The normalized spacial score (nSPS) is 23.6. The molecule has 1 aliphatic rings. The lowest BCUT2D eigenvalue weighted by molar-refractivity contribution is 0.0770. The van der Waals surface area contributed by atoms with Crippen molar-refractivity contribution in [2.45, 2.75) is 12.5 Å². The van der Waals surface area contributed by atoms with Crippen LogP contribution in [0.25, 0.3) is 0 Å². The molecule has 0 saturated carbocycles. The topological polar surface area (TPSA) is 35.9 Å². The summed E-state index contributed by atoms with van der Waals surface area (Å²) < 4.78 is 5.24. The van der Waals surface area contributed by atoms with Gasteiger partial charge in [0.15, 0.2) is 0 Å². The second-order valence-electron chi connectivity index (χ2n) is 4.04. The Balaban J connectivity index is 2.04. The monoisotopic (exact) mass is 202 g/mol. The van der Waals surface area contributed by atoms with Crippen molar-refractivity contribution in [2.75, 3.05) is 53.6 Å². The van der Waals surface area contributed by atoms with Gasteiger partial charge in [-0.1, -0.05) is 0 Å². The van der Waals surface area contributed by atoms with Gasteiger partial charge in [-0.25, -0.2) is 0 Å². The third-order valence-corrected chi connectivity index (χ3v) is 2.77. The van der Waals surface area contributed by atoms with E-state index in [9.17, 15) is 0 Å². The maximum absolute atomic E-state index is 8.53. The minimum atomic E-state index is 0.125. The first-order valence-corrected chi connectivity index (χ1v) is 5.31. The molecule has 0 amide bonds. The van der Waals surface area contributed by atoms with Gasteiger partial charge in [0.25, 0.3) is 0 Å². The summed E-state index contributed by atoms with van der Waals surface area (Å²) in [6, 6.07) is 0.702. The van der Waals surface area contributed by atoms with Gasteiger partial charge in [-0.05, 0) is 27.1 Å². The zero-order valence-electron chi connectivity index (χ0n) is 9.28. The Morgan fingerprint density at radius 2 is 2.21 bits per heavy atom. The minimum absolute atomic E-state index is 0.125. The van der Waals surface area contributed by atoms with Crippen LogP contribution < -0.4 is 0 Å². The first kappa shape index (κ1) is 11.9. The highest BCUT2D eigenvalue weighted by Crippen LogP contribution is 2.12. The van der Waals surface area contributed by atoms with Crippen LogP contribution in [0.1, 0.15) is 6.42 Å². The summed E-state index contributed by atoms with van der Waals surface area (Å²) in [6.45, 7) is 4.64. The summed E-state index contributed by atoms with van der Waals surface area (Å²) in [5.41, 5.74) is 0. The van der Waals surface area contributed by atoms with E-state index >= 15 is 0 Å². The molecule has 1 N–H and O–H groups in total. The van der Waals surface area contributed by atoms with E-state index in [0.29, 0.717) is 12.6 Å². The van der Waals surface area contributed by atoms with E-state index in [2.05, 4.69) is 23.9 Å². The van der Waals surface area contributed by atoms with Crippen LogP contribution in [0.15, 0.2) is 0 Å². The number of nitrogens with zero attached hydrogens (tertiary/aromatic N) is 2. The van der Waals surface area contributed by atoms with Crippen LogP contribution in [0.4, 0.5) is 0 Å². The molecule has 1 rings (SSSR count). The Hall–Kier alpha value is -0.160. The van der Waals surface area contributed by atoms with Crippen molar-refractivity contribution in [1.29, 1.82) is 0 Å². The predicted octanol–water partition coefficient (Wildman–Crippen LogP) is -0.369. The number of hydrogen-bond donors (Lipinski definition) is 1. The van der Waals surface area contributed by atoms with Gasteiger partial charge in [0.05, 0.1) is 19.8 Å². The molecule has 0 aromatic rings. The predicted molar refractivity (Wildman–Crippen MR) is 56.4 cm³/mol. The Morgan fingerprint density at radius 3 is 2.79 bits per heavy atom. The summed E-state index contributed by atoms with van der Waals surface area (Å²) >= 11 is 0. The summed E-state index contributed by atoms with van der Waals surface area (Å²) in [6.07, 6.45) is 1.26. The first-order valence-electron chi connectivity index (χ1n) is 5.31. The fourth-order valence-corrected chi connectivity index (χ4v) is 1.80. The van der Waals surface area contributed by atoms with Crippen molar-refractivity contribution < 1.29 is 9.84 Å². The molecule has 4 nitrogen and oxygen atoms in total. The second kappa shape index (κ2) is 6.35. The van der Waals surface area contributed by atoms with Crippen LogP contribution in [-0.4, -0.2) is 74.5 Å². The molecular formula is C10H22N2O2. The molecule has 1 heterocycles. The van der Waals surface area contributed by atoms with Gasteiger partial charge < -0.3 is 14.7 Å². The third-order valence-electron chi connectivity index (χ3n) is 2.77. The van der Waals surface area contributed by atoms with Crippen LogP contribution in [0.5, 0.6) is 0 Å². The highest BCUT2D eigenvalue weighted by Gasteiger charge is 2.23. The van der Waals surface area contributed by atoms with Crippen molar-refractivity contribution in [2.24, 2.45) is 0 Å². The Morgan fingerprint density at radius 1 is 1.43 bits per heavy atom. The maximum atomic E-state index is 8.53. The Kier molecular flexibility index (Phi) is 5.40. The highest BCUT2D eigenvalue weighted by molar-refractivity contribution is 4.80. The molecule has 0 aliphatic carbocycles. The van der Waals surface area contributed by atoms with Crippen LogP contribution in [0, 0.1) is 0 Å². The van der Waals surface area contributed by atoms with E-state index in [0.717, 1.165) is 19.7 Å². The number of aliphatic hydroxyl groups excluding tert-OH is 1. The quantitative estimate of drug-likeness (QED) is 0.596. The molecule has 84 valence electrons. The summed E-state index contributed by atoms with van der Waals surface area (Å²) in [5.74, 6) is 0. The van der Waals surface area contributed by atoms with Gasteiger partial charge in [0.2, 0.25) is 0 Å².